The molecular formula is C32H29BrN2O5. The number of fused-ring (bicyclic) bond motifs is 5. The zero-order valence-electron chi connectivity index (χ0n) is 22.2. The van der Waals surface area contributed by atoms with Crippen molar-refractivity contribution >= 4 is 51.0 Å². The molecule has 2 aliphatic carbocycles. The summed E-state index contributed by atoms with van der Waals surface area (Å²) in [6.07, 6.45) is 1.85. The molecule has 6 rings (SSSR count). The van der Waals surface area contributed by atoms with Crippen LogP contribution in [0.3, 0.4) is 0 Å². The van der Waals surface area contributed by atoms with E-state index in [2.05, 4.69) is 33.4 Å². The van der Waals surface area contributed by atoms with E-state index in [1.807, 2.05) is 44.2 Å². The Morgan fingerprint density at radius 2 is 1.57 bits per heavy atom. The van der Waals surface area contributed by atoms with Gasteiger partial charge < -0.3 is 10.1 Å². The van der Waals surface area contributed by atoms with E-state index in [-0.39, 0.29) is 41.0 Å². The number of amides is 3. The second-order valence-corrected chi connectivity index (χ2v) is 11.9. The zero-order chi connectivity index (χ0) is 28.1. The number of carbonyl (C=O) groups excluding carboxylic acids is 4. The van der Waals surface area contributed by atoms with Crippen LogP contribution in [0.25, 0.3) is 0 Å². The van der Waals surface area contributed by atoms with Crippen molar-refractivity contribution in [3.63, 3.8) is 0 Å². The number of aryl methyl sites for hydroxylation is 2. The monoisotopic (exact) mass is 600 g/mol. The third-order valence-corrected chi connectivity index (χ3v) is 9.91. The number of ether oxygens (including phenoxy) is 1. The van der Waals surface area contributed by atoms with Crippen LogP contribution in [0.2, 0.25) is 0 Å². The van der Waals surface area contributed by atoms with Gasteiger partial charge in [-0.2, -0.15) is 0 Å². The van der Waals surface area contributed by atoms with Gasteiger partial charge in [-0.15, -0.1) is 0 Å². The molecule has 3 aromatic rings. The Hall–Kier alpha value is -3.78. The van der Waals surface area contributed by atoms with Gasteiger partial charge in [-0.25, -0.2) is 4.79 Å². The molecule has 5 atom stereocenters. The van der Waals surface area contributed by atoms with Gasteiger partial charge in [-0.05, 0) is 97.5 Å². The highest BCUT2D eigenvalue weighted by atomic mass is 79.9. The fourth-order valence-electron chi connectivity index (χ4n) is 6.97. The molecule has 1 saturated heterocycles. The Bertz CT molecular complexity index is 1500. The molecule has 0 aromatic heterocycles. The maximum Gasteiger partial charge on any atom is 0.338 e. The van der Waals surface area contributed by atoms with Gasteiger partial charge in [0.2, 0.25) is 11.8 Å². The highest BCUT2D eigenvalue weighted by Gasteiger charge is 2.64. The molecule has 1 aliphatic heterocycles. The number of carbonyl (C=O) groups is 4. The zero-order valence-corrected chi connectivity index (χ0v) is 23.8. The van der Waals surface area contributed by atoms with Crippen LogP contribution in [0, 0.1) is 37.5 Å². The molecule has 8 heteroatoms. The van der Waals surface area contributed by atoms with Gasteiger partial charge in [0, 0.05) is 10.2 Å². The molecule has 2 saturated carbocycles. The molecule has 1 heterocycles. The standard InChI is InChI=1S/C32H29BrN2O5/c1-17-12-22(13-18(2)29(17)33)34-26(36)16-40-32(39)20-8-10-23(11-9-20)35-30(37)27-21-14-24(19-6-4-3-5-7-19)25(15-21)28(27)31(35)38/h3-13,21,24-25,27-28H,14-16H2,1-2H3,(H,34,36)/t21-,24+,25+,27+,28-/m0/s1. The lowest BCUT2D eigenvalue weighted by molar-refractivity contribution is -0.123. The van der Waals surface area contributed by atoms with Gasteiger partial charge in [-0.1, -0.05) is 46.3 Å². The number of hydrogen-bond donors (Lipinski definition) is 1. The summed E-state index contributed by atoms with van der Waals surface area (Å²) in [6.45, 7) is 3.42. The minimum absolute atomic E-state index is 0.139. The number of halogens is 1. The van der Waals surface area contributed by atoms with Crippen molar-refractivity contribution in [1.82, 2.24) is 0 Å². The number of hydrogen-bond acceptors (Lipinski definition) is 5. The lowest BCUT2D eigenvalue weighted by atomic mass is 9.73. The van der Waals surface area contributed by atoms with Gasteiger partial charge in [0.1, 0.15) is 0 Å². The average Bonchev–Trinajstić information content (AvgIpc) is 3.62. The van der Waals surface area contributed by atoms with Crippen LogP contribution in [-0.2, 0) is 19.1 Å². The lowest BCUT2D eigenvalue weighted by Gasteiger charge is -2.28. The van der Waals surface area contributed by atoms with E-state index in [1.165, 1.54) is 22.6 Å². The van der Waals surface area contributed by atoms with Crippen LogP contribution < -0.4 is 10.2 Å². The summed E-state index contributed by atoms with van der Waals surface area (Å²) in [4.78, 5) is 53.2. The molecule has 3 fully saturated rings. The Kier molecular flexibility index (Phi) is 6.82. The second kappa shape index (κ2) is 10.3. The molecule has 7 nitrogen and oxygen atoms in total. The molecule has 3 amide bonds. The Balaban J connectivity index is 1.09. The third-order valence-electron chi connectivity index (χ3n) is 8.66. The number of benzene rings is 3. The van der Waals surface area contributed by atoms with Gasteiger partial charge in [-0.3, -0.25) is 19.3 Å². The minimum atomic E-state index is -0.662. The van der Waals surface area contributed by atoms with Crippen molar-refractivity contribution in [3.8, 4) is 0 Å². The highest BCUT2D eigenvalue weighted by molar-refractivity contribution is 9.10. The number of nitrogens with zero attached hydrogens (tertiary/aromatic N) is 1. The molecule has 0 spiro atoms. The molecule has 3 aliphatic rings. The molecule has 0 unspecified atom stereocenters. The first kappa shape index (κ1) is 26.4. The summed E-state index contributed by atoms with van der Waals surface area (Å²) in [6, 6.07) is 20.2. The van der Waals surface area contributed by atoms with E-state index >= 15 is 0 Å². The summed E-state index contributed by atoms with van der Waals surface area (Å²) in [7, 11) is 0. The first-order valence-electron chi connectivity index (χ1n) is 13.5. The van der Waals surface area contributed by atoms with Crippen molar-refractivity contribution in [2.45, 2.75) is 32.6 Å². The number of anilines is 2. The van der Waals surface area contributed by atoms with E-state index in [1.54, 1.807) is 12.1 Å². The van der Waals surface area contributed by atoms with Crippen LogP contribution in [0.1, 0.15) is 45.8 Å². The van der Waals surface area contributed by atoms with E-state index in [0.29, 0.717) is 17.3 Å². The van der Waals surface area contributed by atoms with Crippen molar-refractivity contribution in [2.75, 3.05) is 16.8 Å². The summed E-state index contributed by atoms with van der Waals surface area (Å²) in [5.74, 6) is -1.27. The van der Waals surface area contributed by atoms with Crippen LogP contribution >= 0.6 is 15.9 Å². The largest absolute Gasteiger partial charge is 0.452 e. The summed E-state index contributed by atoms with van der Waals surface area (Å²) < 4.78 is 6.17. The predicted octanol–water partition coefficient (Wildman–Crippen LogP) is 5.79. The molecule has 1 N–H and O–H groups in total. The lowest BCUT2D eigenvalue weighted by Crippen LogP contribution is -2.33. The first-order chi connectivity index (χ1) is 19.2. The molecule has 0 radical (unpaired) electrons. The number of esters is 1. The molecule has 3 aromatic carbocycles. The van der Waals surface area contributed by atoms with Crippen molar-refractivity contribution in [1.29, 1.82) is 0 Å². The van der Waals surface area contributed by atoms with Crippen molar-refractivity contribution in [2.24, 2.45) is 23.7 Å². The minimum Gasteiger partial charge on any atom is -0.452 e. The summed E-state index contributed by atoms with van der Waals surface area (Å²) >= 11 is 3.50. The van der Waals surface area contributed by atoms with Crippen LogP contribution in [0.4, 0.5) is 11.4 Å². The molecule has 40 heavy (non-hydrogen) atoms. The molecule has 204 valence electrons. The van der Waals surface area contributed by atoms with Gasteiger partial charge in [0.15, 0.2) is 6.61 Å². The van der Waals surface area contributed by atoms with Crippen LogP contribution in [0.5, 0.6) is 0 Å². The van der Waals surface area contributed by atoms with Gasteiger partial charge >= 0.3 is 5.97 Å². The number of rotatable bonds is 6. The first-order valence-corrected chi connectivity index (χ1v) is 14.3. The fourth-order valence-corrected chi connectivity index (χ4v) is 7.20. The fraction of sp³-hybridized carbons (Fsp3) is 0.312. The maximum absolute atomic E-state index is 13.5. The predicted molar refractivity (Wildman–Crippen MR) is 154 cm³/mol. The molecule has 2 bridgehead atoms. The van der Waals surface area contributed by atoms with Crippen LogP contribution in [0.15, 0.2) is 71.2 Å². The average molecular weight is 601 g/mol. The quantitative estimate of drug-likeness (QED) is 0.285. The van der Waals surface area contributed by atoms with Crippen molar-refractivity contribution in [3.05, 3.63) is 93.5 Å². The Labute approximate surface area is 241 Å². The Morgan fingerprint density at radius 3 is 2.25 bits per heavy atom. The van der Waals surface area contributed by atoms with Gasteiger partial charge in [0.25, 0.3) is 5.91 Å². The van der Waals surface area contributed by atoms with E-state index in [0.717, 1.165) is 28.4 Å². The molecular weight excluding hydrogens is 572 g/mol. The van der Waals surface area contributed by atoms with E-state index < -0.39 is 18.5 Å². The number of nitrogens with one attached hydrogen (secondary N) is 1. The van der Waals surface area contributed by atoms with E-state index in [4.69, 9.17) is 4.74 Å². The van der Waals surface area contributed by atoms with E-state index in [9.17, 15) is 19.2 Å². The SMILES string of the molecule is Cc1cc(NC(=O)COC(=O)c2ccc(N3C(=O)[C@@H]4[C@@H]5C[C@@H]([C@@H]4C3=O)[C@@H](c3ccccc3)C5)cc2)cc(C)c1Br. The van der Waals surface area contributed by atoms with Crippen LogP contribution in [-0.4, -0.2) is 30.3 Å². The van der Waals surface area contributed by atoms with Crippen molar-refractivity contribution < 1.29 is 23.9 Å². The summed E-state index contributed by atoms with van der Waals surface area (Å²) in [5.41, 5.74) is 4.51. The Morgan fingerprint density at radius 1 is 0.925 bits per heavy atom. The topological polar surface area (TPSA) is 92.8 Å². The highest BCUT2D eigenvalue weighted by Crippen LogP contribution is 2.61. The smallest absolute Gasteiger partial charge is 0.338 e. The maximum atomic E-state index is 13.5. The second-order valence-electron chi connectivity index (χ2n) is 11.1. The number of imide groups is 1. The van der Waals surface area contributed by atoms with Gasteiger partial charge in [0.05, 0.1) is 23.1 Å². The third kappa shape index (κ3) is 4.54. The normalized spacial score (nSPS) is 24.8. The summed E-state index contributed by atoms with van der Waals surface area (Å²) in [5, 5.41) is 2.74.